The third kappa shape index (κ3) is 3.78. The minimum atomic E-state index is 0.170. The Morgan fingerprint density at radius 3 is 2.50 bits per heavy atom. The van der Waals surface area contributed by atoms with Gasteiger partial charge < -0.3 is 14.7 Å². The van der Waals surface area contributed by atoms with Gasteiger partial charge in [0.15, 0.2) is 0 Å². The number of fused-ring (bicyclic) bond motifs is 1. The Hall–Kier alpha value is -2.56. The summed E-state index contributed by atoms with van der Waals surface area (Å²) in [6.07, 6.45) is 9.98. The van der Waals surface area contributed by atoms with Gasteiger partial charge >= 0.3 is 0 Å². The van der Waals surface area contributed by atoms with Crippen LogP contribution in [0.15, 0.2) is 36.5 Å². The number of amides is 1. The molecule has 3 heterocycles. The topological polar surface area (TPSA) is 39.7 Å². The molecule has 5 heteroatoms. The van der Waals surface area contributed by atoms with Gasteiger partial charge in [-0.1, -0.05) is 6.07 Å². The molecule has 2 aliphatic heterocycles. The maximum absolute atomic E-state index is 13.1. The molecule has 3 aliphatic rings. The summed E-state index contributed by atoms with van der Waals surface area (Å²) < 4.78 is 0. The first kappa shape index (κ1) is 19.4. The van der Waals surface area contributed by atoms with Gasteiger partial charge in [0.2, 0.25) is 0 Å². The SMILES string of the molecule is CN(C(=O)c1ccc2c(c1)CCC2)C1CCN(c2ccnc(N3CCCC3)c2)CC1. The van der Waals surface area contributed by atoms with Crippen molar-refractivity contribution >= 4 is 17.4 Å². The Morgan fingerprint density at radius 1 is 0.933 bits per heavy atom. The number of aromatic nitrogens is 1. The van der Waals surface area contributed by atoms with Crippen LogP contribution in [0.5, 0.6) is 0 Å². The van der Waals surface area contributed by atoms with Gasteiger partial charge in [-0.15, -0.1) is 0 Å². The summed E-state index contributed by atoms with van der Waals surface area (Å²) in [4.78, 5) is 24.5. The number of carbonyl (C=O) groups is 1. The lowest BCUT2D eigenvalue weighted by atomic mass is 10.0. The quantitative estimate of drug-likeness (QED) is 0.775. The Balaban J connectivity index is 1.21. The molecule has 0 radical (unpaired) electrons. The lowest BCUT2D eigenvalue weighted by Crippen LogP contribution is -2.45. The minimum absolute atomic E-state index is 0.170. The second kappa shape index (κ2) is 8.29. The van der Waals surface area contributed by atoms with Gasteiger partial charge in [-0.3, -0.25) is 4.79 Å². The maximum Gasteiger partial charge on any atom is 0.253 e. The number of rotatable bonds is 4. The van der Waals surface area contributed by atoms with Gasteiger partial charge in [-0.2, -0.15) is 0 Å². The average molecular weight is 405 g/mol. The molecule has 0 atom stereocenters. The van der Waals surface area contributed by atoms with E-state index in [0.717, 1.165) is 63.2 Å². The molecule has 158 valence electrons. The van der Waals surface area contributed by atoms with Crippen LogP contribution in [0.1, 0.15) is 53.6 Å². The van der Waals surface area contributed by atoms with E-state index in [1.807, 2.05) is 24.2 Å². The molecule has 0 unspecified atom stereocenters. The molecule has 0 saturated carbocycles. The lowest BCUT2D eigenvalue weighted by molar-refractivity contribution is 0.0709. The minimum Gasteiger partial charge on any atom is -0.371 e. The number of pyridine rings is 1. The Kier molecular flexibility index (Phi) is 5.36. The second-order valence-corrected chi connectivity index (χ2v) is 9.04. The standard InChI is InChI=1S/C25H32N4O/c1-27(25(30)21-8-7-19-5-4-6-20(19)17-21)22-10-15-28(16-11-22)23-9-12-26-24(18-23)29-13-2-3-14-29/h7-9,12,17-18,22H,2-6,10-11,13-16H2,1H3. The van der Waals surface area contributed by atoms with Crippen molar-refractivity contribution in [1.29, 1.82) is 0 Å². The highest BCUT2D eigenvalue weighted by atomic mass is 16.2. The number of anilines is 2. The van der Waals surface area contributed by atoms with Crippen LogP contribution in [-0.4, -0.2) is 55.1 Å². The maximum atomic E-state index is 13.1. The van der Waals surface area contributed by atoms with Gasteiger partial charge in [0.25, 0.3) is 5.91 Å². The van der Waals surface area contributed by atoms with Crippen molar-refractivity contribution in [3.8, 4) is 0 Å². The van der Waals surface area contributed by atoms with Crippen LogP contribution < -0.4 is 9.80 Å². The molecule has 0 N–H and O–H groups in total. The largest absolute Gasteiger partial charge is 0.371 e. The molecule has 1 aromatic carbocycles. The second-order valence-electron chi connectivity index (χ2n) is 9.04. The molecular formula is C25H32N4O. The van der Waals surface area contributed by atoms with Gasteiger partial charge in [-0.25, -0.2) is 4.98 Å². The Morgan fingerprint density at radius 2 is 1.70 bits per heavy atom. The van der Waals surface area contributed by atoms with Crippen LogP contribution in [-0.2, 0) is 12.8 Å². The number of nitrogens with zero attached hydrogens (tertiary/aromatic N) is 4. The first-order chi connectivity index (χ1) is 14.7. The first-order valence-electron chi connectivity index (χ1n) is 11.5. The monoisotopic (exact) mass is 404 g/mol. The lowest BCUT2D eigenvalue weighted by Gasteiger charge is -2.38. The van der Waals surface area contributed by atoms with Gasteiger partial charge in [-0.05, 0) is 74.3 Å². The fraction of sp³-hybridized carbons (Fsp3) is 0.520. The van der Waals surface area contributed by atoms with E-state index < -0.39 is 0 Å². The zero-order valence-corrected chi connectivity index (χ0v) is 18.0. The number of carbonyl (C=O) groups excluding carboxylic acids is 1. The predicted octanol–water partition coefficient (Wildman–Crippen LogP) is 3.91. The summed E-state index contributed by atoms with van der Waals surface area (Å²) >= 11 is 0. The van der Waals surface area contributed by atoms with Crippen molar-refractivity contribution in [2.45, 2.75) is 51.0 Å². The molecule has 2 aromatic rings. The van der Waals surface area contributed by atoms with Crippen LogP contribution in [0.25, 0.3) is 0 Å². The highest BCUT2D eigenvalue weighted by molar-refractivity contribution is 5.94. The smallest absolute Gasteiger partial charge is 0.253 e. The van der Waals surface area contributed by atoms with Gasteiger partial charge in [0.05, 0.1) is 0 Å². The van der Waals surface area contributed by atoms with E-state index in [9.17, 15) is 4.79 Å². The van der Waals surface area contributed by atoms with E-state index in [-0.39, 0.29) is 5.91 Å². The van der Waals surface area contributed by atoms with Crippen LogP contribution in [0.4, 0.5) is 11.5 Å². The van der Waals surface area contributed by atoms with E-state index >= 15 is 0 Å². The van der Waals surface area contributed by atoms with E-state index in [2.05, 4.69) is 39.0 Å². The predicted molar refractivity (Wildman–Crippen MR) is 121 cm³/mol. The molecule has 5 rings (SSSR count). The molecule has 1 aliphatic carbocycles. The molecule has 30 heavy (non-hydrogen) atoms. The highest BCUT2D eigenvalue weighted by Gasteiger charge is 2.27. The Labute approximate surface area is 179 Å². The summed E-state index contributed by atoms with van der Waals surface area (Å²) in [5.41, 5.74) is 4.91. The first-order valence-corrected chi connectivity index (χ1v) is 11.5. The number of piperidine rings is 1. The van der Waals surface area contributed by atoms with E-state index in [1.54, 1.807) is 0 Å². The van der Waals surface area contributed by atoms with E-state index in [1.165, 1.54) is 36.1 Å². The van der Waals surface area contributed by atoms with E-state index in [0.29, 0.717) is 6.04 Å². The number of benzene rings is 1. The van der Waals surface area contributed by atoms with Crippen molar-refractivity contribution in [2.75, 3.05) is 43.0 Å². The number of hydrogen-bond acceptors (Lipinski definition) is 4. The molecule has 1 amide bonds. The molecule has 2 fully saturated rings. The van der Waals surface area contributed by atoms with Crippen molar-refractivity contribution < 1.29 is 4.79 Å². The fourth-order valence-electron chi connectivity index (χ4n) is 5.31. The zero-order chi connectivity index (χ0) is 20.5. The van der Waals surface area contributed by atoms with Crippen LogP contribution >= 0.6 is 0 Å². The third-order valence-corrected chi connectivity index (χ3v) is 7.20. The highest BCUT2D eigenvalue weighted by Crippen LogP contribution is 2.28. The van der Waals surface area contributed by atoms with Crippen molar-refractivity contribution in [3.05, 3.63) is 53.2 Å². The summed E-state index contributed by atoms with van der Waals surface area (Å²) in [5, 5.41) is 0. The third-order valence-electron chi connectivity index (χ3n) is 7.20. The van der Waals surface area contributed by atoms with Gasteiger partial charge in [0.1, 0.15) is 5.82 Å². The number of aryl methyl sites for hydroxylation is 2. The van der Waals surface area contributed by atoms with Crippen molar-refractivity contribution in [2.24, 2.45) is 0 Å². The summed E-state index contributed by atoms with van der Waals surface area (Å²) in [6.45, 7) is 4.20. The molecule has 0 spiro atoms. The van der Waals surface area contributed by atoms with Crippen molar-refractivity contribution in [1.82, 2.24) is 9.88 Å². The Bertz CT molecular complexity index is 913. The fourth-order valence-corrected chi connectivity index (χ4v) is 5.31. The zero-order valence-electron chi connectivity index (χ0n) is 18.0. The van der Waals surface area contributed by atoms with Crippen molar-refractivity contribution in [3.63, 3.8) is 0 Å². The summed E-state index contributed by atoms with van der Waals surface area (Å²) in [7, 11) is 1.98. The normalized spacial score (nSPS) is 19.2. The van der Waals surface area contributed by atoms with Crippen LogP contribution in [0.2, 0.25) is 0 Å². The van der Waals surface area contributed by atoms with Gasteiger partial charge in [0, 0.05) is 62.8 Å². The molecule has 5 nitrogen and oxygen atoms in total. The average Bonchev–Trinajstić information content (AvgIpc) is 3.50. The van der Waals surface area contributed by atoms with Crippen LogP contribution in [0.3, 0.4) is 0 Å². The summed E-state index contributed by atoms with van der Waals surface area (Å²) in [5.74, 6) is 1.28. The van der Waals surface area contributed by atoms with Crippen LogP contribution in [0, 0.1) is 0 Å². The molecule has 1 aromatic heterocycles. The number of hydrogen-bond donors (Lipinski definition) is 0. The summed E-state index contributed by atoms with van der Waals surface area (Å²) in [6, 6.07) is 11.0. The molecule has 0 bridgehead atoms. The molecule has 2 saturated heterocycles. The molecular weight excluding hydrogens is 372 g/mol. The van der Waals surface area contributed by atoms with E-state index in [4.69, 9.17) is 0 Å².